The molecule has 6 heteroatoms. The smallest absolute Gasteiger partial charge is 0.251 e. The van der Waals surface area contributed by atoms with E-state index in [0.717, 1.165) is 0 Å². The number of hydrogen-bond acceptors (Lipinski definition) is 4. The molecule has 24 heavy (non-hydrogen) atoms. The Hall–Kier alpha value is -1.92. The summed E-state index contributed by atoms with van der Waals surface area (Å²) < 4.78 is 5.56. The molecule has 0 unspecified atom stereocenters. The highest BCUT2D eigenvalue weighted by Gasteiger charge is 2.36. The minimum atomic E-state index is -0.721. The highest BCUT2D eigenvalue weighted by molar-refractivity contribution is 5.94. The Balaban J connectivity index is 1.78. The Morgan fingerprint density at radius 1 is 1.17 bits per heavy atom. The van der Waals surface area contributed by atoms with Crippen molar-refractivity contribution in [3.05, 3.63) is 35.9 Å². The Kier molecular flexibility index (Phi) is 5.96. The summed E-state index contributed by atoms with van der Waals surface area (Å²) in [6.45, 7) is 6.44. The van der Waals surface area contributed by atoms with E-state index in [1.807, 2.05) is 26.8 Å². The van der Waals surface area contributed by atoms with Gasteiger partial charge in [0.2, 0.25) is 5.91 Å². The molecule has 1 aliphatic heterocycles. The number of carbonyl (C=O) groups excluding carboxylic acids is 2. The first-order valence-electron chi connectivity index (χ1n) is 8.20. The Labute approximate surface area is 142 Å². The monoisotopic (exact) mass is 334 g/mol. The van der Waals surface area contributed by atoms with Crippen LogP contribution in [0.2, 0.25) is 0 Å². The molecule has 2 amide bonds. The van der Waals surface area contributed by atoms with Crippen LogP contribution in [0, 0.1) is 11.3 Å². The SMILES string of the molecule is CC(C)(C)C(=O)NC[C@H]1OC[C@@H](CNC(=O)c2ccccc2)[C@@H]1O. The fourth-order valence-corrected chi connectivity index (χ4v) is 2.48. The van der Waals surface area contributed by atoms with Crippen molar-refractivity contribution in [1.29, 1.82) is 0 Å². The molecule has 132 valence electrons. The van der Waals surface area contributed by atoms with Crippen LogP contribution in [0.15, 0.2) is 30.3 Å². The second-order valence-corrected chi connectivity index (χ2v) is 7.16. The molecule has 2 rings (SSSR count). The van der Waals surface area contributed by atoms with Gasteiger partial charge in [-0.15, -0.1) is 0 Å². The van der Waals surface area contributed by atoms with Crippen LogP contribution in [-0.2, 0) is 9.53 Å². The molecular formula is C18H26N2O4. The van der Waals surface area contributed by atoms with Gasteiger partial charge in [0.25, 0.3) is 5.91 Å². The molecule has 0 aromatic heterocycles. The molecule has 1 aliphatic rings. The molecule has 1 aromatic carbocycles. The molecule has 0 radical (unpaired) electrons. The molecule has 0 saturated carbocycles. The van der Waals surface area contributed by atoms with Crippen LogP contribution in [0.4, 0.5) is 0 Å². The van der Waals surface area contributed by atoms with Crippen molar-refractivity contribution in [2.75, 3.05) is 19.7 Å². The summed E-state index contributed by atoms with van der Waals surface area (Å²) in [6.07, 6.45) is -1.17. The van der Waals surface area contributed by atoms with Gasteiger partial charge in [0, 0.05) is 30.0 Å². The summed E-state index contributed by atoms with van der Waals surface area (Å²) in [5.74, 6) is -0.444. The zero-order chi connectivity index (χ0) is 17.7. The fourth-order valence-electron chi connectivity index (χ4n) is 2.48. The lowest BCUT2D eigenvalue weighted by molar-refractivity contribution is -0.129. The van der Waals surface area contributed by atoms with Crippen LogP contribution in [0.1, 0.15) is 31.1 Å². The molecule has 1 heterocycles. The highest BCUT2D eigenvalue weighted by atomic mass is 16.5. The van der Waals surface area contributed by atoms with Gasteiger partial charge in [-0.25, -0.2) is 0 Å². The van der Waals surface area contributed by atoms with Crippen molar-refractivity contribution in [3.63, 3.8) is 0 Å². The lowest BCUT2D eigenvalue weighted by Gasteiger charge is -2.22. The van der Waals surface area contributed by atoms with Gasteiger partial charge >= 0.3 is 0 Å². The van der Waals surface area contributed by atoms with E-state index in [-0.39, 0.29) is 24.3 Å². The van der Waals surface area contributed by atoms with E-state index in [9.17, 15) is 14.7 Å². The van der Waals surface area contributed by atoms with E-state index in [2.05, 4.69) is 10.6 Å². The quantitative estimate of drug-likeness (QED) is 0.748. The number of aliphatic hydroxyl groups is 1. The Morgan fingerprint density at radius 2 is 1.83 bits per heavy atom. The van der Waals surface area contributed by atoms with Gasteiger partial charge in [0.15, 0.2) is 0 Å². The van der Waals surface area contributed by atoms with E-state index in [1.54, 1.807) is 24.3 Å². The summed E-state index contributed by atoms with van der Waals surface area (Å²) in [5, 5.41) is 15.9. The molecule has 6 nitrogen and oxygen atoms in total. The summed E-state index contributed by atoms with van der Waals surface area (Å²) in [7, 11) is 0. The summed E-state index contributed by atoms with van der Waals surface area (Å²) >= 11 is 0. The lowest BCUT2D eigenvalue weighted by Crippen LogP contribution is -2.44. The average molecular weight is 334 g/mol. The third-order valence-electron chi connectivity index (χ3n) is 4.09. The normalized spacial score (nSPS) is 23.8. The van der Waals surface area contributed by atoms with Crippen LogP contribution in [-0.4, -0.2) is 48.8 Å². The first kappa shape index (κ1) is 18.4. The molecular weight excluding hydrogens is 308 g/mol. The number of ether oxygens (including phenoxy) is 1. The van der Waals surface area contributed by atoms with Crippen molar-refractivity contribution in [3.8, 4) is 0 Å². The highest BCUT2D eigenvalue weighted by Crippen LogP contribution is 2.20. The number of aliphatic hydroxyl groups excluding tert-OH is 1. The molecule has 3 N–H and O–H groups in total. The van der Waals surface area contributed by atoms with Crippen molar-refractivity contribution in [2.45, 2.75) is 33.0 Å². The van der Waals surface area contributed by atoms with Gasteiger partial charge in [0.1, 0.15) is 6.10 Å². The largest absolute Gasteiger partial charge is 0.390 e. The number of carbonyl (C=O) groups is 2. The maximum atomic E-state index is 12.0. The standard InChI is InChI=1S/C18H26N2O4/c1-18(2,3)17(23)20-10-14-15(21)13(11-24-14)9-19-16(22)12-7-5-4-6-8-12/h4-8,13-15,21H,9-11H2,1-3H3,(H,19,22)(H,20,23)/t13-,14-,15+/m1/s1. The topological polar surface area (TPSA) is 87.7 Å². The Morgan fingerprint density at radius 3 is 2.46 bits per heavy atom. The van der Waals surface area contributed by atoms with Crippen LogP contribution >= 0.6 is 0 Å². The molecule has 1 aromatic rings. The number of hydrogen-bond donors (Lipinski definition) is 3. The van der Waals surface area contributed by atoms with Crippen LogP contribution < -0.4 is 10.6 Å². The predicted molar refractivity (Wildman–Crippen MR) is 90.5 cm³/mol. The van der Waals surface area contributed by atoms with Crippen LogP contribution in [0.3, 0.4) is 0 Å². The predicted octanol–water partition coefficient (Wildman–Crippen LogP) is 0.955. The van der Waals surface area contributed by atoms with Gasteiger partial charge < -0.3 is 20.5 Å². The Bertz CT molecular complexity index is 568. The van der Waals surface area contributed by atoms with Crippen molar-refractivity contribution in [2.24, 2.45) is 11.3 Å². The van der Waals surface area contributed by atoms with Crippen molar-refractivity contribution < 1.29 is 19.4 Å². The van der Waals surface area contributed by atoms with Gasteiger partial charge in [0.05, 0.1) is 12.7 Å². The van der Waals surface area contributed by atoms with E-state index in [1.165, 1.54) is 0 Å². The lowest BCUT2D eigenvalue weighted by atomic mass is 9.95. The molecule has 0 bridgehead atoms. The molecule has 3 atom stereocenters. The number of amides is 2. The van der Waals surface area contributed by atoms with Gasteiger partial charge in [-0.2, -0.15) is 0 Å². The molecule has 0 spiro atoms. The van der Waals surface area contributed by atoms with Crippen LogP contribution in [0.25, 0.3) is 0 Å². The van der Waals surface area contributed by atoms with Gasteiger partial charge in [-0.05, 0) is 12.1 Å². The molecule has 1 saturated heterocycles. The molecule has 1 fully saturated rings. The van der Waals surface area contributed by atoms with E-state index in [4.69, 9.17) is 4.74 Å². The number of nitrogens with one attached hydrogen (secondary N) is 2. The van der Waals surface area contributed by atoms with Gasteiger partial charge in [-0.1, -0.05) is 39.0 Å². The van der Waals surface area contributed by atoms with E-state index >= 15 is 0 Å². The first-order valence-corrected chi connectivity index (χ1v) is 8.20. The fraction of sp³-hybridized carbons (Fsp3) is 0.556. The molecule has 0 aliphatic carbocycles. The van der Waals surface area contributed by atoms with E-state index in [0.29, 0.717) is 18.7 Å². The van der Waals surface area contributed by atoms with Crippen LogP contribution in [0.5, 0.6) is 0 Å². The maximum Gasteiger partial charge on any atom is 0.251 e. The zero-order valence-corrected chi connectivity index (χ0v) is 14.4. The van der Waals surface area contributed by atoms with Gasteiger partial charge in [-0.3, -0.25) is 9.59 Å². The van der Waals surface area contributed by atoms with Crippen molar-refractivity contribution in [1.82, 2.24) is 10.6 Å². The summed E-state index contributed by atoms with van der Waals surface area (Å²) in [5.41, 5.74) is 0.104. The maximum absolute atomic E-state index is 12.0. The van der Waals surface area contributed by atoms with Crippen molar-refractivity contribution >= 4 is 11.8 Å². The summed E-state index contributed by atoms with van der Waals surface area (Å²) in [4.78, 5) is 23.9. The summed E-state index contributed by atoms with van der Waals surface area (Å²) in [6, 6.07) is 8.93. The van der Waals surface area contributed by atoms with E-state index < -0.39 is 17.6 Å². The average Bonchev–Trinajstić information content (AvgIpc) is 2.90. The first-order chi connectivity index (χ1) is 11.3. The minimum Gasteiger partial charge on any atom is -0.390 e. The number of benzene rings is 1. The minimum absolute atomic E-state index is 0.0841. The second kappa shape index (κ2) is 7.77. The third-order valence-corrected chi connectivity index (χ3v) is 4.09. The number of rotatable bonds is 5. The zero-order valence-electron chi connectivity index (χ0n) is 14.4. The third kappa shape index (κ3) is 4.79. The second-order valence-electron chi connectivity index (χ2n) is 7.16.